The second-order valence-electron chi connectivity index (χ2n) is 8.82. The highest BCUT2D eigenvalue weighted by atomic mass is 14.5. The third-order valence-electron chi connectivity index (χ3n) is 7.50. The highest BCUT2D eigenvalue weighted by Gasteiger charge is 2.44. The fraction of sp³-hybridized carbons (Fsp3) is 0.680. The van der Waals surface area contributed by atoms with Crippen LogP contribution in [-0.4, -0.2) is 0 Å². The molecule has 0 saturated heterocycles. The molecular weight excluding hydrogens is 328 g/mol. The monoisotopic (exact) mass is 362 g/mol. The zero-order chi connectivity index (χ0) is 19.3. The van der Waals surface area contributed by atoms with E-state index in [9.17, 15) is 10.5 Å². The summed E-state index contributed by atoms with van der Waals surface area (Å²) in [7, 11) is 0. The molecule has 2 heteroatoms. The van der Waals surface area contributed by atoms with Gasteiger partial charge in [-0.15, -0.1) is 0 Å². The Morgan fingerprint density at radius 1 is 0.926 bits per heavy atom. The number of aryl methyl sites for hydroxylation is 1. The van der Waals surface area contributed by atoms with Gasteiger partial charge in [0.25, 0.3) is 0 Å². The lowest BCUT2D eigenvalue weighted by atomic mass is 9.56. The van der Waals surface area contributed by atoms with Gasteiger partial charge >= 0.3 is 0 Å². The number of hydrogen-bond acceptors (Lipinski definition) is 2. The first kappa shape index (κ1) is 19.9. The van der Waals surface area contributed by atoms with Crippen LogP contribution < -0.4 is 0 Å². The van der Waals surface area contributed by atoms with Gasteiger partial charge in [-0.3, -0.25) is 0 Å². The average Bonchev–Trinajstić information content (AvgIpc) is 2.73. The van der Waals surface area contributed by atoms with Gasteiger partial charge in [-0.2, -0.15) is 10.5 Å². The quantitative estimate of drug-likeness (QED) is 0.578. The molecule has 0 spiro atoms. The lowest BCUT2D eigenvalue weighted by Crippen LogP contribution is -2.40. The normalized spacial score (nSPS) is 24.7. The maximum absolute atomic E-state index is 10.0. The maximum atomic E-state index is 10.0. The van der Waals surface area contributed by atoms with Crippen molar-refractivity contribution in [2.75, 3.05) is 0 Å². The van der Waals surface area contributed by atoms with Crippen molar-refractivity contribution in [3.63, 3.8) is 0 Å². The maximum Gasteiger partial charge on any atom is 0.101 e. The molecule has 0 bridgehead atoms. The molecular formula is C25H34N2. The van der Waals surface area contributed by atoms with Crippen molar-refractivity contribution in [2.45, 2.75) is 96.3 Å². The molecule has 0 amide bonds. The molecule has 0 radical (unpaired) electrons. The first-order valence-electron chi connectivity index (χ1n) is 11.2. The number of hydrogen-bond donors (Lipinski definition) is 0. The molecule has 0 N–H and O–H groups in total. The Balaban J connectivity index is 2.02. The van der Waals surface area contributed by atoms with Crippen molar-refractivity contribution < 1.29 is 0 Å². The molecule has 0 unspecified atom stereocenters. The molecule has 1 aromatic rings. The van der Waals surface area contributed by atoms with Crippen LogP contribution in [0.5, 0.6) is 0 Å². The third kappa shape index (κ3) is 3.78. The standard InChI is InChI=1S/C25H34N2/c1-3-8-19-9-12-21(13-10-19)25(15-6-5-7-16-25)24-14-11-20(4-2)22(17-26)23(24)18-27/h11,14,19,21H,3-10,12-13,15-16H2,1-2H3/t19-,21-. The molecule has 0 aliphatic heterocycles. The summed E-state index contributed by atoms with van der Waals surface area (Å²) in [6.45, 7) is 4.37. The van der Waals surface area contributed by atoms with Crippen molar-refractivity contribution in [1.82, 2.24) is 0 Å². The highest BCUT2D eigenvalue weighted by Crippen LogP contribution is 2.52. The molecule has 2 nitrogen and oxygen atoms in total. The van der Waals surface area contributed by atoms with E-state index in [-0.39, 0.29) is 5.41 Å². The minimum absolute atomic E-state index is 0.123. The zero-order valence-corrected chi connectivity index (χ0v) is 17.2. The summed E-state index contributed by atoms with van der Waals surface area (Å²) in [6, 6.07) is 9.18. The fourth-order valence-corrected chi connectivity index (χ4v) is 6.09. The van der Waals surface area contributed by atoms with E-state index < -0.39 is 0 Å². The number of benzene rings is 1. The molecule has 2 fully saturated rings. The van der Waals surface area contributed by atoms with Crippen molar-refractivity contribution in [1.29, 1.82) is 10.5 Å². The van der Waals surface area contributed by atoms with E-state index in [1.54, 1.807) is 0 Å². The van der Waals surface area contributed by atoms with E-state index in [1.807, 2.05) is 0 Å². The van der Waals surface area contributed by atoms with Crippen LogP contribution in [0, 0.1) is 34.5 Å². The molecule has 0 aromatic heterocycles. The molecule has 0 atom stereocenters. The van der Waals surface area contributed by atoms with E-state index in [2.05, 4.69) is 38.1 Å². The molecule has 144 valence electrons. The van der Waals surface area contributed by atoms with Gasteiger partial charge in [0.2, 0.25) is 0 Å². The van der Waals surface area contributed by atoms with Gasteiger partial charge in [-0.1, -0.05) is 70.9 Å². The summed E-state index contributed by atoms with van der Waals surface area (Å²) in [6.07, 6.45) is 15.0. The predicted molar refractivity (Wildman–Crippen MR) is 110 cm³/mol. The fourth-order valence-electron chi connectivity index (χ4n) is 6.09. The number of nitrogens with zero attached hydrogens (tertiary/aromatic N) is 2. The molecule has 27 heavy (non-hydrogen) atoms. The third-order valence-corrected chi connectivity index (χ3v) is 7.50. The van der Waals surface area contributed by atoms with Crippen LogP contribution >= 0.6 is 0 Å². The summed E-state index contributed by atoms with van der Waals surface area (Å²) < 4.78 is 0. The Labute approximate surface area is 165 Å². The number of nitriles is 2. The lowest BCUT2D eigenvalue weighted by Gasteiger charge is -2.47. The van der Waals surface area contributed by atoms with Gasteiger partial charge in [0, 0.05) is 0 Å². The zero-order valence-electron chi connectivity index (χ0n) is 17.2. The second kappa shape index (κ2) is 8.93. The predicted octanol–water partition coefficient (Wildman–Crippen LogP) is 6.80. The lowest BCUT2D eigenvalue weighted by molar-refractivity contribution is 0.124. The largest absolute Gasteiger partial charge is 0.192 e. The minimum Gasteiger partial charge on any atom is -0.192 e. The van der Waals surface area contributed by atoms with E-state index in [0.29, 0.717) is 17.0 Å². The Kier molecular flexibility index (Phi) is 6.59. The Morgan fingerprint density at radius 3 is 2.15 bits per heavy atom. The van der Waals surface area contributed by atoms with E-state index in [1.165, 1.54) is 76.2 Å². The van der Waals surface area contributed by atoms with Crippen molar-refractivity contribution >= 4 is 0 Å². The smallest absolute Gasteiger partial charge is 0.101 e. The van der Waals surface area contributed by atoms with Crippen LogP contribution in [0.3, 0.4) is 0 Å². The molecule has 2 aliphatic carbocycles. The van der Waals surface area contributed by atoms with Crippen LogP contribution in [-0.2, 0) is 11.8 Å². The van der Waals surface area contributed by atoms with Crippen LogP contribution in [0.25, 0.3) is 0 Å². The molecule has 2 aliphatic rings. The second-order valence-corrected chi connectivity index (χ2v) is 8.82. The summed E-state index contributed by atoms with van der Waals surface area (Å²) in [5.41, 5.74) is 3.68. The average molecular weight is 363 g/mol. The van der Waals surface area contributed by atoms with Crippen molar-refractivity contribution in [3.05, 3.63) is 34.4 Å². The summed E-state index contributed by atoms with van der Waals surface area (Å²) in [5, 5.41) is 19.8. The Bertz CT molecular complexity index is 720. The van der Waals surface area contributed by atoms with Gasteiger partial charge in [0.05, 0.1) is 11.1 Å². The minimum atomic E-state index is 0.123. The van der Waals surface area contributed by atoms with Gasteiger partial charge in [-0.05, 0) is 60.5 Å². The van der Waals surface area contributed by atoms with Gasteiger partial charge < -0.3 is 0 Å². The van der Waals surface area contributed by atoms with Gasteiger partial charge in [0.1, 0.15) is 12.1 Å². The van der Waals surface area contributed by atoms with Gasteiger partial charge in [-0.25, -0.2) is 0 Å². The first-order chi connectivity index (χ1) is 13.2. The summed E-state index contributed by atoms with van der Waals surface area (Å²) in [5.74, 6) is 1.58. The molecule has 2 saturated carbocycles. The Morgan fingerprint density at radius 2 is 1.59 bits per heavy atom. The highest BCUT2D eigenvalue weighted by molar-refractivity contribution is 5.57. The SMILES string of the molecule is CCC[C@H]1CC[C@H](C2(c3ccc(CC)c(C#N)c3C#N)CCCCC2)CC1. The topological polar surface area (TPSA) is 47.6 Å². The van der Waals surface area contributed by atoms with Crippen LogP contribution in [0.15, 0.2) is 12.1 Å². The van der Waals surface area contributed by atoms with E-state index in [4.69, 9.17) is 0 Å². The molecule has 1 aromatic carbocycles. The first-order valence-corrected chi connectivity index (χ1v) is 11.2. The van der Waals surface area contributed by atoms with E-state index >= 15 is 0 Å². The van der Waals surface area contributed by atoms with Crippen LogP contribution in [0.2, 0.25) is 0 Å². The van der Waals surface area contributed by atoms with Gasteiger partial charge in [0.15, 0.2) is 0 Å². The molecule has 3 rings (SSSR count). The van der Waals surface area contributed by atoms with Crippen molar-refractivity contribution in [2.24, 2.45) is 11.8 Å². The van der Waals surface area contributed by atoms with Crippen molar-refractivity contribution in [3.8, 4) is 12.1 Å². The van der Waals surface area contributed by atoms with E-state index in [0.717, 1.165) is 17.9 Å². The summed E-state index contributed by atoms with van der Waals surface area (Å²) in [4.78, 5) is 0. The van der Waals surface area contributed by atoms with Crippen LogP contribution in [0.4, 0.5) is 0 Å². The number of rotatable bonds is 5. The summed E-state index contributed by atoms with van der Waals surface area (Å²) >= 11 is 0. The Hall–Kier alpha value is -1.80. The molecule has 0 heterocycles. The van der Waals surface area contributed by atoms with Crippen LogP contribution in [0.1, 0.15) is 107 Å².